The van der Waals surface area contributed by atoms with Gasteiger partial charge in [-0.3, -0.25) is 14.4 Å². The lowest BCUT2D eigenvalue weighted by Gasteiger charge is -2.17. The summed E-state index contributed by atoms with van der Waals surface area (Å²) in [4.78, 5) is 36.0. The van der Waals surface area contributed by atoms with E-state index in [1.165, 1.54) is 14.2 Å². The Morgan fingerprint density at radius 2 is 1.52 bits per heavy atom. The maximum absolute atomic E-state index is 12.8. The monoisotopic (exact) mass is 342 g/mol. The van der Waals surface area contributed by atoms with Gasteiger partial charge < -0.3 is 14.2 Å². The van der Waals surface area contributed by atoms with Crippen molar-refractivity contribution in [2.24, 2.45) is 0 Å². The van der Waals surface area contributed by atoms with Crippen LogP contribution < -0.4 is 4.74 Å². The van der Waals surface area contributed by atoms with Crippen molar-refractivity contribution in [3.05, 3.63) is 65.7 Å². The van der Waals surface area contributed by atoms with Gasteiger partial charge in [-0.2, -0.15) is 0 Å². The molecule has 6 nitrogen and oxygen atoms in total. The molecule has 0 saturated carbocycles. The van der Waals surface area contributed by atoms with E-state index in [0.29, 0.717) is 16.9 Å². The molecule has 0 radical (unpaired) electrons. The van der Waals surface area contributed by atoms with Crippen molar-refractivity contribution >= 4 is 17.7 Å². The fraction of sp³-hybridized carbons (Fsp3) is 0.211. The average molecular weight is 342 g/mol. The molecule has 0 saturated heterocycles. The number of benzene rings is 2. The van der Waals surface area contributed by atoms with Gasteiger partial charge in [-0.15, -0.1) is 0 Å². The van der Waals surface area contributed by atoms with Crippen LogP contribution in [0.15, 0.2) is 54.6 Å². The Morgan fingerprint density at radius 3 is 2.08 bits per heavy atom. The molecule has 0 heterocycles. The number of carbonyl (C=O) groups is 3. The highest BCUT2D eigenvalue weighted by Crippen LogP contribution is 2.25. The summed E-state index contributed by atoms with van der Waals surface area (Å²) in [6, 6.07) is 15.1. The summed E-state index contributed by atoms with van der Waals surface area (Å²) in [6.07, 6.45) is -1.73. The van der Waals surface area contributed by atoms with Crippen LogP contribution in [0.5, 0.6) is 5.75 Å². The van der Waals surface area contributed by atoms with E-state index >= 15 is 0 Å². The Balaban J connectivity index is 2.28. The summed E-state index contributed by atoms with van der Waals surface area (Å²) in [7, 11) is 2.70. The van der Waals surface area contributed by atoms with Gasteiger partial charge in [0, 0.05) is 11.1 Å². The number of methoxy groups -OCH3 is 2. The van der Waals surface area contributed by atoms with Gasteiger partial charge in [-0.05, 0) is 12.1 Å². The van der Waals surface area contributed by atoms with Crippen LogP contribution in [0.3, 0.4) is 0 Å². The summed E-state index contributed by atoms with van der Waals surface area (Å²) in [5, 5.41) is 0. The predicted octanol–water partition coefficient (Wildman–Crippen LogP) is 2.73. The Labute approximate surface area is 145 Å². The summed E-state index contributed by atoms with van der Waals surface area (Å²) in [6.45, 7) is 0. The molecule has 0 aromatic heterocycles. The maximum atomic E-state index is 12.8. The average Bonchev–Trinajstić information content (AvgIpc) is 2.66. The van der Waals surface area contributed by atoms with E-state index in [1.807, 2.05) is 0 Å². The van der Waals surface area contributed by atoms with E-state index in [9.17, 15) is 14.4 Å². The van der Waals surface area contributed by atoms with Gasteiger partial charge in [-0.25, -0.2) is 0 Å². The zero-order chi connectivity index (χ0) is 18.2. The summed E-state index contributed by atoms with van der Waals surface area (Å²) in [5.74, 6) is -1.35. The van der Waals surface area contributed by atoms with Crippen LogP contribution in [0.4, 0.5) is 0 Å². The topological polar surface area (TPSA) is 78.9 Å². The van der Waals surface area contributed by atoms with Gasteiger partial charge in [0.25, 0.3) is 0 Å². The number of ether oxygens (including phenoxy) is 3. The van der Waals surface area contributed by atoms with Crippen LogP contribution in [-0.2, 0) is 19.1 Å². The van der Waals surface area contributed by atoms with E-state index in [0.717, 1.165) is 0 Å². The molecule has 2 aromatic carbocycles. The molecule has 0 aliphatic rings. The van der Waals surface area contributed by atoms with E-state index in [2.05, 4.69) is 4.74 Å². The summed E-state index contributed by atoms with van der Waals surface area (Å²) >= 11 is 0. The largest absolute Gasteiger partial charge is 0.497 e. The quantitative estimate of drug-likeness (QED) is 0.437. The van der Waals surface area contributed by atoms with E-state index in [1.54, 1.807) is 54.6 Å². The highest BCUT2D eigenvalue weighted by Gasteiger charge is 2.27. The Kier molecular flexibility index (Phi) is 6.28. The lowest BCUT2D eigenvalue weighted by Crippen LogP contribution is -2.22. The van der Waals surface area contributed by atoms with Crippen LogP contribution >= 0.6 is 0 Å². The lowest BCUT2D eigenvalue weighted by molar-refractivity contribution is -0.155. The second-order valence-electron chi connectivity index (χ2n) is 5.13. The molecule has 0 fully saturated rings. The molecule has 1 unspecified atom stereocenters. The van der Waals surface area contributed by atoms with Gasteiger partial charge in [0.1, 0.15) is 12.2 Å². The van der Waals surface area contributed by atoms with Crippen molar-refractivity contribution in [2.75, 3.05) is 14.2 Å². The highest BCUT2D eigenvalue weighted by molar-refractivity contribution is 6.01. The Morgan fingerprint density at radius 1 is 0.880 bits per heavy atom. The first-order chi connectivity index (χ1) is 12.0. The van der Waals surface area contributed by atoms with Crippen molar-refractivity contribution in [1.29, 1.82) is 0 Å². The Bertz CT molecular complexity index is 736. The number of hydrogen-bond acceptors (Lipinski definition) is 6. The van der Waals surface area contributed by atoms with E-state index in [4.69, 9.17) is 9.47 Å². The minimum absolute atomic E-state index is 0.385. The van der Waals surface area contributed by atoms with Crippen molar-refractivity contribution in [1.82, 2.24) is 0 Å². The van der Waals surface area contributed by atoms with Crippen LogP contribution in [0, 0.1) is 0 Å². The van der Waals surface area contributed by atoms with Crippen molar-refractivity contribution in [3.8, 4) is 5.75 Å². The number of ketones is 1. The number of Topliss-reactive ketones (excluding diaryl/α,β-unsaturated/α-hetero) is 1. The molecular formula is C19H18O6. The first-order valence-electron chi connectivity index (χ1n) is 7.54. The first-order valence-corrected chi connectivity index (χ1v) is 7.54. The second-order valence-corrected chi connectivity index (χ2v) is 5.13. The van der Waals surface area contributed by atoms with Crippen molar-refractivity contribution in [3.63, 3.8) is 0 Å². The molecule has 2 aromatic rings. The van der Waals surface area contributed by atoms with Gasteiger partial charge in [0.05, 0.1) is 14.2 Å². The third kappa shape index (κ3) is 4.91. The van der Waals surface area contributed by atoms with Gasteiger partial charge in [0.2, 0.25) is 5.78 Å². The molecule has 130 valence electrons. The second kappa shape index (κ2) is 8.63. The SMILES string of the molecule is COC(=O)CC(=O)OC(C(=O)c1ccccc1)c1ccc(OC)cc1. The molecular weight excluding hydrogens is 324 g/mol. The van der Waals surface area contributed by atoms with Crippen LogP contribution in [0.2, 0.25) is 0 Å². The first kappa shape index (κ1) is 18.2. The van der Waals surface area contributed by atoms with Gasteiger partial charge in [-0.1, -0.05) is 42.5 Å². The fourth-order valence-corrected chi connectivity index (χ4v) is 2.17. The molecule has 2 rings (SSSR count). The summed E-state index contributed by atoms with van der Waals surface area (Å²) < 4.78 is 14.8. The smallest absolute Gasteiger partial charge is 0.318 e. The molecule has 0 aliphatic carbocycles. The highest BCUT2D eigenvalue weighted by atomic mass is 16.6. The standard InChI is InChI=1S/C19H18O6/c1-23-15-10-8-14(9-11-15)19(25-17(21)12-16(20)24-2)18(22)13-6-4-3-5-7-13/h3-11,19H,12H2,1-2H3. The zero-order valence-corrected chi connectivity index (χ0v) is 13.9. The molecule has 0 N–H and O–H groups in total. The van der Waals surface area contributed by atoms with Gasteiger partial charge in [0.15, 0.2) is 6.10 Å². The third-order valence-electron chi connectivity index (χ3n) is 3.48. The molecule has 1 atom stereocenters. The van der Waals surface area contributed by atoms with Crippen LogP contribution in [-0.4, -0.2) is 31.9 Å². The molecule has 25 heavy (non-hydrogen) atoms. The van der Waals surface area contributed by atoms with Crippen molar-refractivity contribution < 1.29 is 28.6 Å². The molecule has 0 amide bonds. The number of esters is 2. The normalized spacial score (nSPS) is 11.3. The number of carbonyl (C=O) groups excluding carboxylic acids is 3. The summed E-state index contributed by atoms with van der Waals surface area (Å²) in [5.41, 5.74) is 0.877. The predicted molar refractivity (Wildman–Crippen MR) is 89.2 cm³/mol. The molecule has 0 bridgehead atoms. The van der Waals surface area contributed by atoms with E-state index in [-0.39, 0.29) is 5.78 Å². The molecule has 6 heteroatoms. The minimum Gasteiger partial charge on any atom is -0.497 e. The Hall–Kier alpha value is -3.15. The molecule has 0 spiro atoms. The fourth-order valence-electron chi connectivity index (χ4n) is 2.17. The van der Waals surface area contributed by atoms with Gasteiger partial charge >= 0.3 is 11.9 Å². The van der Waals surface area contributed by atoms with Crippen LogP contribution in [0.1, 0.15) is 28.4 Å². The minimum atomic E-state index is -1.16. The number of hydrogen-bond donors (Lipinski definition) is 0. The molecule has 0 aliphatic heterocycles. The van der Waals surface area contributed by atoms with Crippen molar-refractivity contribution in [2.45, 2.75) is 12.5 Å². The van der Waals surface area contributed by atoms with E-state index < -0.39 is 24.5 Å². The van der Waals surface area contributed by atoms with Crippen LogP contribution in [0.25, 0.3) is 0 Å². The maximum Gasteiger partial charge on any atom is 0.318 e. The third-order valence-corrected chi connectivity index (χ3v) is 3.48. The zero-order valence-electron chi connectivity index (χ0n) is 13.9. The lowest BCUT2D eigenvalue weighted by atomic mass is 9.99. The number of rotatable bonds is 7.